The summed E-state index contributed by atoms with van der Waals surface area (Å²) in [5, 5.41) is 0. The fraction of sp³-hybridized carbons (Fsp3) is 0.571. The summed E-state index contributed by atoms with van der Waals surface area (Å²) in [6.45, 7) is 3.29. The van der Waals surface area contributed by atoms with Crippen molar-refractivity contribution in [3.63, 3.8) is 0 Å². The summed E-state index contributed by atoms with van der Waals surface area (Å²) in [4.78, 5) is 10.7. The van der Waals surface area contributed by atoms with Gasteiger partial charge < -0.3 is 4.74 Å². The van der Waals surface area contributed by atoms with Crippen molar-refractivity contribution in [3.8, 4) is 12.3 Å². The van der Waals surface area contributed by atoms with Gasteiger partial charge in [-0.15, -0.1) is 15.5 Å². The van der Waals surface area contributed by atoms with Gasteiger partial charge in [-0.25, -0.2) is 0 Å². The van der Waals surface area contributed by atoms with E-state index in [0.29, 0.717) is 0 Å². The molecule has 0 aliphatic carbocycles. The monoisotopic (exact) mass is 205 g/mol. The quantitative estimate of drug-likeness (QED) is 0.398. The van der Waals surface area contributed by atoms with Crippen LogP contribution < -0.4 is 0 Å². The molecule has 0 aromatic carbocycles. The lowest BCUT2D eigenvalue weighted by molar-refractivity contribution is 0.0817. The molecule has 0 spiro atoms. The van der Waals surface area contributed by atoms with Crippen LogP contribution in [0.5, 0.6) is 0 Å². The van der Waals surface area contributed by atoms with Gasteiger partial charge in [0.15, 0.2) is 6.10 Å². The minimum atomic E-state index is -2.45. The maximum absolute atomic E-state index is 10.7. The fourth-order valence-corrected chi connectivity index (χ4v) is 0.821. The van der Waals surface area contributed by atoms with E-state index in [0.717, 1.165) is 0 Å². The lowest BCUT2D eigenvalue weighted by Gasteiger charge is -2.00. The first-order chi connectivity index (χ1) is 6.10. The van der Waals surface area contributed by atoms with E-state index in [1.54, 1.807) is 6.92 Å². The van der Waals surface area contributed by atoms with Crippen molar-refractivity contribution < 1.29 is 23.1 Å². The minimum Gasteiger partial charge on any atom is -0.415 e. The summed E-state index contributed by atoms with van der Waals surface area (Å²) < 4.78 is 23.8. The number of rotatable bonds is 4. The van der Waals surface area contributed by atoms with Gasteiger partial charge in [0.1, 0.15) is 6.61 Å². The van der Waals surface area contributed by atoms with Crippen LogP contribution in [0.4, 0.5) is 4.79 Å². The first-order valence-electron chi connectivity index (χ1n) is 3.55. The normalized spacial score (nSPS) is 12.5. The summed E-state index contributed by atoms with van der Waals surface area (Å²) in [5.74, 6) is 2.14. The smallest absolute Gasteiger partial charge is 0.415 e. The molecular weight excluding hydrogens is 195 g/mol. The lowest BCUT2D eigenvalue weighted by atomic mass is 10.4. The van der Waals surface area contributed by atoms with Crippen LogP contribution in [0.15, 0.2) is 0 Å². The Bertz CT molecular complexity index is 232. The predicted octanol–water partition coefficient (Wildman–Crippen LogP) is 1.86. The van der Waals surface area contributed by atoms with Crippen LogP contribution in [0.3, 0.4) is 0 Å². The van der Waals surface area contributed by atoms with Crippen LogP contribution in [0.2, 0.25) is 0 Å². The van der Waals surface area contributed by atoms with Crippen LogP contribution in [-0.2, 0) is 18.3 Å². The Morgan fingerprint density at radius 2 is 2.31 bits per heavy atom. The Morgan fingerprint density at radius 3 is 2.77 bits per heavy atom. The molecule has 0 saturated carbocycles. The molecule has 0 rings (SSSR count). The van der Waals surface area contributed by atoms with Crippen LogP contribution in [0.25, 0.3) is 0 Å². The van der Waals surface area contributed by atoms with Gasteiger partial charge in [-0.1, -0.05) is 5.92 Å². The van der Waals surface area contributed by atoms with Gasteiger partial charge in [0.25, 0.3) is 0 Å². The van der Waals surface area contributed by atoms with Crippen LogP contribution >= 0.6 is 8.25 Å². The third-order valence-corrected chi connectivity index (χ3v) is 1.66. The van der Waals surface area contributed by atoms with Crippen molar-refractivity contribution in [1.29, 1.82) is 0 Å². The largest absolute Gasteiger partial charge is 0.756 e. The fourth-order valence-electron chi connectivity index (χ4n) is 0.392. The van der Waals surface area contributed by atoms with E-state index in [4.69, 9.17) is 6.42 Å². The molecule has 0 aliphatic rings. The number of hydrogen-bond acceptors (Lipinski definition) is 5. The predicted molar refractivity (Wildman–Crippen MR) is 45.1 cm³/mol. The third kappa shape index (κ3) is 6.09. The average Bonchev–Trinajstić information content (AvgIpc) is 2.04. The van der Waals surface area contributed by atoms with Crippen molar-refractivity contribution in [3.05, 3.63) is 0 Å². The number of terminal acetylenes is 1. The SMILES string of the molecule is C#CC(C)OC(=O)O[P+](=O)OCC. The molecule has 13 heavy (non-hydrogen) atoms. The molecule has 0 aliphatic heterocycles. The second kappa shape index (κ2) is 6.41. The van der Waals surface area contributed by atoms with Crippen molar-refractivity contribution in [2.45, 2.75) is 20.0 Å². The van der Waals surface area contributed by atoms with Gasteiger partial charge in [0.2, 0.25) is 0 Å². The van der Waals surface area contributed by atoms with Gasteiger partial charge in [-0.05, 0) is 13.8 Å². The summed E-state index contributed by atoms with van der Waals surface area (Å²) >= 11 is 0. The van der Waals surface area contributed by atoms with Gasteiger partial charge in [0, 0.05) is 4.57 Å². The van der Waals surface area contributed by atoms with Crippen LogP contribution in [-0.4, -0.2) is 18.9 Å². The van der Waals surface area contributed by atoms with Crippen LogP contribution in [0.1, 0.15) is 13.8 Å². The molecule has 5 nitrogen and oxygen atoms in total. The molecule has 6 heteroatoms. The molecule has 0 fully saturated rings. The molecule has 2 unspecified atom stereocenters. The van der Waals surface area contributed by atoms with Gasteiger partial charge in [-0.2, -0.15) is 4.79 Å². The maximum Gasteiger partial charge on any atom is 0.756 e. The van der Waals surface area contributed by atoms with Gasteiger partial charge in [0.05, 0.1) is 0 Å². The summed E-state index contributed by atoms with van der Waals surface area (Å²) in [6.07, 6.45) is 3.12. The molecule has 0 aromatic heterocycles. The number of carbonyl (C=O) groups excluding carboxylic acids is 1. The maximum atomic E-state index is 10.7. The van der Waals surface area contributed by atoms with E-state index in [2.05, 4.69) is 19.7 Å². The van der Waals surface area contributed by atoms with E-state index in [1.807, 2.05) is 0 Å². The standard InChI is InChI=1S/C7H10O5P/c1-4-6(3)11-7(8)12-13(9)10-5-2/h1,6H,5H2,2-3H3/q+1. The topological polar surface area (TPSA) is 61.8 Å². The first-order valence-corrected chi connectivity index (χ1v) is 4.64. The van der Waals surface area contributed by atoms with E-state index in [1.165, 1.54) is 6.92 Å². The molecule has 0 radical (unpaired) electrons. The van der Waals surface area contributed by atoms with E-state index in [-0.39, 0.29) is 6.61 Å². The number of ether oxygens (including phenoxy) is 1. The molecule has 2 atom stereocenters. The number of hydrogen-bond donors (Lipinski definition) is 0. The van der Waals surface area contributed by atoms with Gasteiger partial charge in [-0.3, -0.25) is 0 Å². The highest BCUT2D eigenvalue weighted by molar-refractivity contribution is 7.34. The first kappa shape index (κ1) is 11.9. The molecule has 72 valence electrons. The summed E-state index contributed by atoms with van der Waals surface area (Å²) in [5.41, 5.74) is 0. The third-order valence-electron chi connectivity index (χ3n) is 0.891. The zero-order chi connectivity index (χ0) is 10.3. The Morgan fingerprint density at radius 1 is 1.69 bits per heavy atom. The summed E-state index contributed by atoms with van der Waals surface area (Å²) in [7, 11) is -2.45. The second-order valence-corrected chi connectivity index (χ2v) is 2.80. The molecular formula is C7H10O5P+. The van der Waals surface area contributed by atoms with Crippen molar-refractivity contribution in [2.75, 3.05) is 6.61 Å². The van der Waals surface area contributed by atoms with Crippen molar-refractivity contribution >= 4 is 14.4 Å². The minimum absolute atomic E-state index is 0.188. The zero-order valence-corrected chi connectivity index (χ0v) is 8.24. The molecule has 0 heterocycles. The Hall–Kier alpha value is -1.11. The summed E-state index contributed by atoms with van der Waals surface area (Å²) in [6, 6.07) is 0. The van der Waals surface area contributed by atoms with Gasteiger partial charge >= 0.3 is 14.4 Å². The van der Waals surface area contributed by atoms with E-state index >= 15 is 0 Å². The van der Waals surface area contributed by atoms with Crippen LogP contribution in [0, 0.1) is 12.3 Å². The Balaban J connectivity index is 3.76. The van der Waals surface area contributed by atoms with Crippen molar-refractivity contribution in [1.82, 2.24) is 0 Å². The zero-order valence-electron chi connectivity index (χ0n) is 7.35. The molecule has 0 bridgehead atoms. The number of carbonyl (C=O) groups is 1. The second-order valence-electron chi connectivity index (χ2n) is 1.91. The van der Waals surface area contributed by atoms with Crippen molar-refractivity contribution in [2.24, 2.45) is 0 Å². The highest BCUT2D eigenvalue weighted by atomic mass is 31.1. The highest BCUT2D eigenvalue weighted by Gasteiger charge is 2.27. The Kier molecular flexibility index (Phi) is 5.86. The lowest BCUT2D eigenvalue weighted by Crippen LogP contribution is -2.11. The molecule has 0 N–H and O–H groups in total. The molecule has 0 saturated heterocycles. The Labute approximate surface area is 77.3 Å². The molecule has 0 amide bonds. The molecule has 0 aromatic rings. The van der Waals surface area contributed by atoms with E-state index < -0.39 is 20.5 Å². The van der Waals surface area contributed by atoms with E-state index in [9.17, 15) is 9.36 Å². The average molecular weight is 205 g/mol. The highest BCUT2D eigenvalue weighted by Crippen LogP contribution is 2.23.